The summed E-state index contributed by atoms with van der Waals surface area (Å²) in [4.78, 5) is 10.4. The van der Waals surface area contributed by atoms with Gasteiger partial charge in [-0.1, -0.05) is 19.3 Å². The van der Waals surface area contributed by atoms with E-state index >= 15 is 0 Å². The third kappa shape index (κ3) is 3.72. The van der Waals surface area contributed by atoms with Crippen LogP contribution in [0.15, 0.2) is 0 Å². The Labute approximate surface area is 86.5 Å². The molecule has 0 saturated heterocycles. The van der Waals surface area contributed by atoms with E-state index in [1.54, 1.807) is 0 Å². The van der Waals surface area contributed by atoms with Crippen LogP contribution in [-0.4, -0.2) is 17.3 Å². The molecule has 1 saturated carbocycles. The summed E-state index contributed by atoms with van der Waals surface area (Å²) in [6.45, 7) is 0. The number of halogens is 3. The molecule has 1 aliphatic carbocycles. The largest absolute Gasteiger partial charge is 0.481 e. The van der Waals surface area contributed by atoms with Crippen molar-refractivity contribution in [1.29, 1.82) is 0 Å². The van der Waals surface area contributed by atoms with Crippen molar-refractivity contribution >= 4 is 5.97 Å². The Bertz CT molecular complexity index is 219. The maximum Gasteiger partial charge on any atom is 0.392 e. The summed E-state index contributed by atoms with van der Waals surface area (Å²) in [6, 6.07) is 0. The zero-order valence-electron chi connectivity index (χ0n) is 8.39. The number of alkyl halides is 3. The molecular weight excluding hydrogens is 209 g/mol. The lowest BCUT2D eigenvalue weighted by atomic mass is 9.78. The van der Waals surface area contributed by atoms with Gasteiger partial charge in [0.2, 0.25) is 0 Å². The lowest BCUT2D eigenvalue weighted by molar-refractivity contribution is -0.198. The molecule has 1 aliphatic rings. The molecule has 1 fully saturated rings. The van der Waals surface area contributed by atoms with Crippen molar-refractivity contribution in [3.63, 3.8) is 0 Å². The minimum absolute atomic E-state index is 0.491. The smallest absolute Gasteiger partial charge is 0.392 e. The molecule has 1 N–H and O–H groups in total. The quantitative estimate of drug-likeness (QED) is 0.799. The van der Waals surface area contributed by atoms with Crippen molar-refractivity contribution in [3.8, 4) is 0 Å². The number of aliphatic carboxylic acids is 1. The van der Waals surface area contributed by atoms with Crippen molar-refractivity contribution in [2.45, 2.75) is 44.7 Å². The highest BCUT2D eigenvalue weighted by atomic mass is 19.4. The topological polar surface area (TPSA) is 37.3 Å². The Hall–Kier alpha value is -0.740. The van der Waals surface area contributed by atoms with E-state index in [1.807, 2.05) is 0 Å². The monoisotopic (exact) mass is 224 g/mol. The molecule has 0 aliphatic heterocycles. The number of carboxylic acid groups (broad SMARTS) is 1. The zero-order valence-corrected chi connectivity index (χ0v) is 8.39. The van der Waals surface area contributed by atoms with Crippen LogP contribution in [0, 0.1) is 11.8 Å². The fourth-order valence-corrected chi connectivity index (χ4v) is 2.27. The van der Waals surface area contributed by atoms with Crippen LogP contribution in [0.1, 0.15) is 38.5 Å². The summed E-state index contributed by atoms with van der Waals surface area (Å²) in [6.07, 6.45) is -1.59. The van der Waals surface area contributed by atoms with E-state index in [1.165, 1.54) is 0 Å². The van der Waals surface area contributed by atoms with Crippen molar-refractivity contribution in [3.05, 3.63) is 0 Å². The second-order valence-electron chi connectivity index (χ2n) is 4.14. The van der Waals surface area contributed by atoms with E-state index in [4.69, 9.17) is 5.11 Å². The summed E-state index contributed by atoms with van der Waals surface area (Å²) in [5.74, 6) is -3.51. The van der Waals surface area contributed by atoms with E-state index in [2.05, 4.69) is 0 Å². The first kappa shape index (κ1) is 12.3. The highest BCUT2D eigenvalue weighted by molar-refractivity contribution is 5.67. The minimum atomic E-state index is -4.37. The van der Waals surface area contributed by atoms with Crippen LogP contribution in [0.5, 0.6) is 0 Å². The van der Waals surface area contributed by atoms with Crippen LogP contribution < -0.4 is 0 Å². The van der Waals surface area contributed by atoms with E-state index < -0.39 is 30.4 Å². The first-order chi connectivity index (χ1) is 6.91. The van der Waals surface area contributed by atoms with Gasteiger partial charge in [-0.15, -0.1) is 0 Å². The highest BCUT2D eigenvalue weighted by Gasteiger charge is 2.45. The van der Waals surface area contributed by atoms with Gasteiger partial charge in [0.15, 0.2) is 0 Å². The molecule has 0 bridgehead atoms. The van der Waals surface area contributed by atoms with Gasteiger partial charge in [-0.2, -0.15) is 13.2 Å². The van der Waals surface area contributed by atoms with Crippen LogP contribution in [0.4, 0.5) is 13.2 Å². The second-order valence-corrected chi connectivity index (χ2v) is 4.14. The SMILES string of the molecule is O=C(O)CC(C1CCCCC1)C(F)(F)F. The van der Waals surface area contributed by atoms with Crippen molar-refractivity contribution < 1.29 is 23.1 Å². The predicted molar refractivity (Wildman–Crippen MR) is 48.4 cm³/mol. The third-order valence-corrected chi connectivity index (χ3v) is 3.03. The standard InChI is InChI=1S/C10H15F3O2/c11-10(12,13)8(6-9(14)15)7-4-2-1-3-5-7/h7-8H,1-6H2,(H,14,15). The van der Waals surface area contributed by atoms with Gasteiger partial charge in [0, 0.05) is 0 Å². The number of hydrogen-bond acceptors (Lipinski definition) is 1. The number of rotatable bonds is 3. The van der Waals surface area contributed by atoms with Gasteiger partial charge < -0.3 is 5.11 Å². The van der Waals surface area contributed by atoms with Gasteiger partial charge in [0.05, 0.1) is 12.3 Å². The fraction of sp³-hybridized carbons (Fsp3) is 0.900. The predicted octanol–water partition coefficient (Wildman–Crippen LogP) is 3.22. The Balaban J connectivity index is 2.66. The van der Waals surface area contributed by atoms with Gasteiger partial charge in [0.25, 0.3) is 0 Å². The average Bonchev–Trinajstić information content (AvgIpc) is 2.14. The zero-order chi connectivity index (χ0) is 11.5. The van der Waals surface area contributed by atoms with E-state index in [9.17, 15) is 18.0 Å². The average molecular weight is 224 g/mol. The van der Waals surface area contributed by atoms with Crippen molar-refractivity contribution in [1.82, 2.24) is 0 Å². The first-order valence-corrected chi connectivity index (χ1v) is 5.19. The number of carboxylic acids is 1. The Morgan fingerprint density at radius 2 is 1.80 bits per heavy atom. The van der Waals surface area contributed by atoms with Crippen LogP contribution in [0.2, 0.25) is 0 Å². The van der Waals surface area contributed by atoms with Crippen LogP contribution in [-0.2, 0) is 4.79 Å². The lowest BCUT2D eigenvalue weighted by Gasteiger charge is -2.30. The Kier molecular flexibility index (Phi) is 3.99. The Morgan fingerprint density at radius 3 is 2.20 bits per heavy atom. The molecule has 0 amide bonds. The van der Waals surface area contributed by atoms with Gasteiger partial charge in [-0.05, 0) is 18.8 Å². The van der Waals surface area contributed by atoms with E-state index in [0.717, 1.165) is 19.3 Å². The summed E-state index contributed by atoms with van der Waals surface area (Å²) >= 11 is 0. The molecule has 5 heteroatoms. The summed E-state index contributed by atoms with van der Waals surface area (Å²) < 4.78 is 37.8. The molecule has 0 aromatic carbocycles. The van der Waals surface area contributed by atoms with Crippen molar-refractivity contribution in [2.75, 3.05) is 0 Å². The fourth-order valence-electron chi connectivity index (χ4n) is 2.27. The molecule has 1 rings (SSSR count). The van der Waals surface area contributed by atoms with Crippen LogP contribution in [0.25, 0.3) is 0 Å². The molecule has 15 heavy (non-hydrogen) atoms. The number of hydrogen-bond donors (Lipinski definition) is 1. The van der Waals surface area contributed by atoms with E-state index in [-0.39, 0.29) is 0 Å². The minimum Gasteiger partial charge on any atom is -0.481 e. The second kappa shape index (κ2) is 4.86. The molecule has 0 aromatic heterocycles. The van der Waals surface area contributed by atoms with Crippen LogP contribution >= 0.6 is 0 Å². The first-order valence-electron chi connectivity index (χ1n) is 5.19. The summed E-state index contributed by atoms with van der Waals surface area (Å²) in [5.41, 5.74) is 0. The maximum atomic E-state index is 12.6. The molecule has 2 nitrogen and oxygen atoms in total. The molecule has 0 aromatic rings. The molecule has 1 unspecified atom stereocenters. The molecule has 1 atom stereocenters. The Morgan fingerprint density at radius 1 is 1.27 bits per heavy atom. The molecule has 88 valence electrons. The van der Waals surface area contributed by atoms with Gasteiger partial charge >= 0.3 is 12.1 Å². The summed E-state index contributed by atoms with van der Waals surface area (Å²) in [5, 5.41) is 8.48. The summed E-state index contributed by atoms with van der Waals surface area (Å²) in [7, 11) is 0. The normalized spacial score (nSPS) is 21.3. The number of carbonyl (C=O) groups is 1. The van der Waals surface area contributed by atoms with Crippen molar-refractivity contribution in [2.24, 2.45) is 11.8 Å². The van der Waals surface area contributed by atoms with Gasteiger partial charge in [-0.25, -0.2) is 0 Å². The molecule has 0 heterocycles. The van der Waals surface area contributed by atoms with Gasteiger partial charge in [-0.3, -0.25) is 4.79 Å². The molecule has 0 spiro atoms. The lowest BCUT2D eigenvalue weighted by Crippen LogP contribution is -2.33. The molecule has 0 radical (unpaired) electrons. The highest BCUT2D eigenvalue weighted by Crippen LogP contribution is 2.41. The molecular formula is C10H15F3O2. The maximum absolute atomic E-state index is 12.6. The van der Waals surface area contributed by atoms with Gasteiger partial charge in [0.1, 0.15) is 0 Å². The van der Waals surface area contributed by atoms with E-state index in [0.29, 0.717) is 12.8 Å². The third-order valence-electron chi connectivity index (χ3n) is 3.03. The van der Waals surface area contributed by atoms with Crippen LogP contribution in [0.3, 0.4) is 0 Å².